The highest BCUT2D eigenvalue weighted by Crippen LogP contribution is 2.19. The second-order valence-electron chi connectivity index (χ2n) is 8.43. The lowest BCUT2D eigenvalue weighted by Crippen LogP contribution is -2.42. The molecule has 164 valence electrons. The lowest BCUT2D eigenvalue weighted by atomic mass is 9.93. The van der Waals surface area contributed by atoms with Crippen molar-refractivity contribution in [2.45, 2.75) is 59.0 Å². The second-order valence-corrected chi connectivity index (χ2v) is 10.4. The van der Waals surface area contributed by atoms with Gasteiger partial charge >= 0.3 is 0 Å². The third kappa shape index (κ3) is 5.92. The fourth-order valence-corrected chi connectivity index (χ4v) is 4.97. The maximum absolute atomic E-state index is 13.0. The second kappa shape index (κ2) is 10.2. The quantitative estimate of drug-likeness (QED) is 0.631. The van der Waals surface area contributed by atoms with Gasteiger partial charge in [-0.3, -0.25) is 4.79 Å². The molecule has 0 aliphatic carbocycles. The molecule has 6 heteroatoms. The Morgan fingerprint density at radius 2 is 1.47 bits per heavy atom. The number of hydrogen-bond donors (Lipinski definition) is 1. The molecule has 0 saturated heterocycles. The summed E-state index contributed by atoms with van der Waals surface area (Å²) < 4.78 is 27.4. The number of carbonyl (C=O) groups excluding carboxylic acids is 1. The third-order valence-electron chi connectivity index (χ3n) is 5.32. The Bertz CT molecular complexity index is 925. The Morgan fingerprint density at radius 1 is 0.933 bits per heavy atom. The first-order chi connectivity index (χ1) is 14.1. The van der Waals surface area contributed by atoms with Crippen LogP contribution in [0.15, 0.2) is 53.4 Å². The maximum Gasteiger partial charge on any atom is 0.251 e. The number of hydrogen-bond acceptors (Lipinski definition) is 3. The zero-order chi connectivity index (χ0) is 22.5. The van der Waals surface area contributed by atoms with E-state index in [4.69, 9.17) is 0 Å². The zero-order valence-corrected chi connectivity index (χ0v) is 19.7. The van der Waals surface area contributed by atoms with E-state index in [2.05, 4.69) is 33.0 Å². The van der Waals surface area contributed by atoms with Crippen LogP contribution in [-0.2, 0) is 16.6 Å². The summed E-state index contributed by atoms with van der Waals surface area (Å²) in [6.45, 7) is 12.8. The number of nitrogens with zero attached hydrogens (tertiary/aromatic N) is 1. The van der Waals surface area contributed by atoms with Crippen LogP contribution in [0.2, 0.25) is 0 Å². The van der Waals surface area contributed by atoms with Crippen molar-refractivity contribution in [1.29, 1.82) is 0 Å². The van der Waals surface area contributed by atoms with Gasteiger partial charge in [-0.25, -0.2) is 8.42 Å². The Morgan fingerprint density at radius 3 is 1.93 bits per heavy atom. The average molecular weight is 431 g/mol. The van der Waals surface area contributed by atoms with Gasteiger partial charge in [0.25, 0.3) is 5.91 Å². The summed E-state index contributed by atoms with van der Waals surface area (Å²) in [6, 6.07) is 14.1. The summed E-state index contributed by atoms with van der Waals surface area (Å²) >= 11 is 0. The van der Waals surface area contributed by atoms with Crippen LogP contribution in [0.1, 0.15) is 56.1 Å². The van der Waals surface area contributed by atoms with Gasteiger partial charge in [-0.2, -0.15) is 4.31 Å². The zero-order valence-electron chi connectivity index (χ0n) is 18.8. The molecular weight excluding hydrogens is 396 g/mol. The molecule has 1 N–H and O–H groups in total. The Kier molecular flexibility index (Phi) is 8.21. The Hall–Kier alpha value is -2.18. The first-order valence-electron chi connectivity index (χ1n) is 10.5. The monoisotopic (exact) mass is 430 g/mol. The number of benzene rings is 2. The smallest absolute Gasteiger partial charge is 0.251 e. The highest BCUT2D eigenvalue weighted by molar-refractivity contribution is 7.89. The number of aryl methyl sites for hydroxylation is 1. The van der Waals surface area contributed by atoms with Gasteiger partial charge in [0.1, 0.15) is 0 Å². The van der Waals surface area contributed by atoms with E-state index >= 15 is 0 Å². The van der Waals surface area contributed by atoms with E-state index in [-0.39, 0.29) is 18.5 Å². The highest BCUT2D eigenvalue weighted by atomic mass is 32.2. The molecule has 0 aliphatic rings. The van der Waals surface area contributed by atoms with E-state index in [9.17, 15) is 13.2 Å². The molecule has 30 heavy (non-hydrogen) atoms. The molecule has 2 aromatic rings. The number of carbonyl (C=O) groups is 1. The molecule has 0 atom stereocenters. The number of nitrogens with one attached hydrogen (secondary N) is 1. The van der Waals surface area contributed by atoms with E-state index in [1.807, 2.05) is 26.0 Å². The average Bonchev–Trinajstić information content (AvgIpc) is 2.70. The fourth-order valence-electron chi connectivity index (χ4n) is 3.53. The van der Waals surface area contributed by atoms with Crippen LogP contribution in [0.5, 0.6) is 0 Å². The minimum Gasteiger partial charge on any atom is -0.349 e. The number of amides is 1. The van der Waals surface area contributed by atoms with Gasteiger partial charge < -0.3 is 5.32 Å². The van der Waals surface area contributed by atoms with Crippen LogP contribution >= 0.6 is 0 Å². The summed E-state index contributed by atoms with van der Waals surface area (Å²) in [5.41, 5.74) is 2.44. The van der Waals surface area contributed by atoms with Crippen molar-refractivity contribution in [3.63, 3.8) is 0 Å². The first-order valence-corrected chi connectivity index (χ1v) is 12.0. The Labute approximate surface area is 181 Å². The standard InChI is InChI=1S/C24H34N2O3S/c1-7-26(30(28,29)22-14-8-19(6)9-15-22)16-20-10-12-21(13-11-20)24(27)25-23(17(2)3)18(4)5/h8-15,17-18,23H,7,16H2,1-6H3,(H,25,27). The minimum atomic E-state index is -3.57. The number of rotatable bonds is 9. The van der Waals surface area contributed by atoms with Crippen LogP contribution in [0.25, 0.3) is 0 Å². The van der Waals surface area contributed by atoms with Crippen LogP contribution < -0.4 is 5.32 Å². The van der Waals surface area contributed by atoms with Gasteiger partial charge in [0, 0.05) is 24.7 Å². The van der Waals surface area contributed by atoms with Gasteiger partial charge in [0.15, 0.2) is 0 Å². The molecule has 0 aliphatic heterocycles. The first kappa shape index (κ1) is 24.1. The highest BCUT2D eigenvalue weighted by Gasteiger charge is 2.24. The molecular formula is C24H34N2O3S. The molecule has 0 fully saturated rings. The van der Waals surface area contributed by atoms with Crippen LogP contribution in [0.4, 0.5) is 0 Å². The number of sulfonamides is 1. The molecule has 1 amide bonds. The van der Waals surface area contributed by atoms with Crippen molar-refractivity contribution in [2.24, 2.45) is 11.8 Å². The van der Waals surface area contributed by atoms with E-state index in [1.165, 1.54) is 4.31 Å². The van der Waals surface area contributed by atoms with Crippen molar-refractivity contribution in [2.75, 3.05) is 6.54 Å². The Balaban J connectivity index is 2.13. The van der Waals surface area contributed by atoms with Crippen molar-refractivity contribution in [3.05, 3.63) is 65.2 Å². The lowest BCUT2D eigenvalue weighted by molar-refractivity contribution is 0.0910. The van der Waals surface area contributed by atoms with E-state index < -0.39 is 10.0 Å². The molecule has 2 rings (SSSR count). The van der Waals surface area contributed by atoms with Crippen molar-refractivity contribution in [3.8, 4) is 0 Å². The molecule has 0 radical (unpaired) electrons. The maximum atomic E-state index is 13.0. The molecule has 0 unspecified atom stereocenters. The molecule has 2 aromatic carbocycles. The molecule has 0 heterocycles. The normalized spacial score (nSPS) is 12.2. The fraction of sp³-hybridized carbons (Fsp3) is 0.458. The lowest BCUT2D eigenvalue weighted by Gasteiger charge is -2.26. The summed E-state index contributed by atoms with van der Waals surface area (Å²) in [4.78, 5) is 12.9. The summed E-state index contributed by atoms with van der Waals surface area (Å²) in [6.07, 6.45) is 0. The largest absolute Gasteiger partial charge is 0.349 e. The van der Waals surface area contributed by atoms with Gasteiger partial charge in [-0.05, 0) is 48.6 Å². The molecule has 0 aromatic heterocycles. The van der Waals surface area contributed by atoms with Gasteiger partial charge in [-0.15, -0.1) is 0 Å². The van der Waals surface area contributed by atoms with E-state index in [0.29, 0.717) is 28.8 Å². The van der Waals surface area contributed by atoms with Gasteiger partial charge in [0.2, 0.25) is 10.0 Å². The van der Waals surface area contributed by atoms with Gasteiger partial charge in [0.05, 0.1) is 4.90 Å². The summed E-state index contributed by atoms with van der Waals surface area (Å²) in [5, 5.41) is 3.11. The summed E-state index contributed by atoms with van der Waals surface area (Å²) in [5.74, 6) is 0.588. The van der Waals surface area contributed by atoms with Crippen molar-refractivity contribution in [1.82, 2.24) is 9.62 Å². The third-order valence-corrected chi connectivity index (χ3v) is 7.26. The van der Waals surface area contributed by atoms with Crippen molar-refractivity contribution >= 4 is 15.9 Å². The predicted octanol–water partition coefficient (Wildman–Crippen LogP) is 4.62. The van der Waals surface area contributed by atoms with Crippen LogP contribution in [-0.4, -0.2) is 31.2 Å². The van der Waals surface area contributed by atoms with Crippen molar-refractivity contribution < 1.29 is 13.2 Å². The molecule has 0 spiro atoms. The molecule has 0 saturated carbocycles. The predicted molar refractivity (Wildman–Crippen MR) is 122 cm³/mol. The van der Waals surface area contributed by atoms with E-state index in [0.717, 1.165) is 11.1 Å². The van der Waals surface area contributed by atoms with E-state index in [1.54, 1.807) is 36.4 Å². The van der Waals surface area contributed by atoms with Gasteiger partial charge in [-0.1, -0.05) is 64.4 Å². The minimum absolute atomic E-state index is 0.103. The molecule has 5 nitrogen and oxygen atoms in total. The van der Waals surface area contributed by atoms with Crippen LogP contribution in [0.3, 0.4) is 0 Å². The summed E-state index contributed by atoms with van der Waals surface area (Å²) in [7, 11) is -3.57. The molecule has 0 bridgehead atoms. The SMILES string of the molecule is CCN(Cc1ccc(C(=O)NC(C(C)C)C(C)C)cc1)S(=O)(=O)c1ccc(C)cc1. The van der Waals surface area contributed by atoms with Crippen LogP contribution in [0, 0.1) is 18.8 Å². The topological polar surface area (TPSA) is 66.5 Å².